The second-order valence-corrected chi connectivity index (χ2v) is 13.0. The molecule has 1 aliphatic heterocycles. The van der Waals surface area contributed by atoms with E-state index < -0.39 is 33.0 Å². The topological polar surface area (TPSA) is 122 Å². The van der Waals surface area contributed by atoms with E-state index in [1.807, 2.05) is 14.1 Å². The van der Waals surface area contributed by atoms with Crippen LogP contribution in [0.2, 0.25) is 0 Å². The van der Waals surface area contributed by atoms with Crippen molar-refractivity contribution in [2.75, 3.05) is 50.5 Å². The molecule has 1 fully saturated rings. The zero-order valence-corrected chi connectivity index (χ0v) is 25.8. The van der Waals surface area contributed by atoms with Gasteiger partial charge in [-0.3, -0.25) is 4.79 Å². The van der Waals surface area contributed by atoms with Gasteiger partial charge in [-0.15, -0.1) is 36.6 Å². The molecule has 4 rings (SSSR count). The number of benzene rings is 1. The van der Waals surface area contributed by atoms with Gasteiger partial charge in [-0.1, -0.05) is 17.4 Å². The van der Waals surface area contributed by atoms with Crippen LogP contribution in [0, 0.1) is 11.6 Å². The first-order valence-electron chi connectivity index (χ1n) is 11.8. The second-order valence-electron chi connectivity index (χ2n) is 8.97. The van der Waals surface area contributed by atoms with Crippen molar-refractivity contribution in [1.29, 1.82) is 0 Å². The first-order chi connectivity index (χ1) is 18.1. The van der Waals surface area contributed by atoms with Crippen LogP contribution in [0.1, 0.15) is 28.1 Å². The fourth-order valence-electron chi connectivity index (χ4n) is 3.89. The van der Waals surface area contributed by atoms with E-state index in [4.69, 9.17) is 5.73 Å². The summed E-state index contributed by atoms with van der Waals surface area (Å²) in [4.78, 5) is 23.3. The van der Waals surface area contributed by atoms with E-state index in [9.17, 15) is 22.0 Å². The average Bonchev–Trinajstić information content (AvgIpc) is 3.24. The number of aromatic nitrogens is 2. The number of carbonyl (C=O) groups excluding carboxylic acids is 1. The molecule has 220 valence electrons. The Hall–Kier alpha value is -2.07. The molecule has 16 heteroatoms. The van der Waals surface area contributed by atoms with E-state index in [1.165, 1.54) is 16.6 Å². The third-order valence-corrected chi connectivity index (χ3v) is 9.77. The summed E-state index contributed by atoms with van der Waals surface area (Å²) in [6.07, 6.45) is 2.39. The minimum atomic E-state index is -3.68. The smallest absolute Gasteiger partial charge is 0.244 e. The van der Waals surface area contributed by atoms with Crippen molar-refractivity contribution in [3.05, 3.63) is 58.6 Å². The lowest BCUT2D eigenvalue weighted by Gasteiger charge is -2.31. The number of sulfonamides is 1. The van der Waals surface area contributed by atoms with E-state index >= 15 is 0 Å². The molecule has 2 aromatic heterocycles. The van der Waals surface area contributed by atoms with Gasteiger partial charge in [0.1, 0.15) is 27.2 Å². The molecule has 1 aromatic carbocycles. The molecule has 0 spiro atoms. The highest BCUT2D eigenvalue weighted by Crippen LogP contribution is 2.31. The minimum Gasteiger partial charge on any atom is -0.382 e. The summed E-state index contributed by atoms with van der Waals surface area (Å²) in [5, 5.41) is 4.27. The lowest BCUT2D eigenvalue weighted by molar-refractivity contribution is 0.103. The van der Waals surface area contributed by atoms with Crippen molar-refractivity contribution >= 4 is 74.7 Å². The van der Waals surface area contributed by atoms with Gasteiger partial charge in [-0.05, 0) is 51.2 Å². The zero-order chi connectivity index (χ0) is 27.4. The molecule has 0 amide bonds. The summed E-state index contributed by atoms with van der Waals surface area (Å²) in [5.74, 6) is -2.09. The van der Waals surface area contributed by atoms with Crippen LogP contribution < -0.4 is 11.1 Å². The van der Waals surface area contributed by atoms with Crippen LogP contribution in [-0.4, -0.2) is 78.9 Å². The van der Waals surface area contributed by atoms with Gasteiger partial charge < -0.3 is 16.0 Å². The van der Waals surface area contributed by atoms with Crippen LogP contribution >= 0.6 is 47.9 Å². The molecule has 0 saturated carbocycles. The summed E-state index contributed by atoms with van der Waals surface area (Å²) in [5.41, 5.74) is 5.20. The number of rotatable bonds is 10. The maximum Gasteiger partial charge on any atom is 0.244 e. The number of carbonyl (C=O) groups is 1. The summed E-state index contributed by atoms with van der Waals surface area (Å²) in [7, 11) is 0.294. The summed E-state index contributed by atoms with van der Waals surface area (Å²) < 4.78 is 55.7. The van der Waals surface area contributed by atoms with E-state index in [-0.39, 0.29) is 59.5 Å². The van der Waals surface area contributed by atoms with Crippen LogP contribution in [-0.2, 0) is 10.0 Å². The number of nitrogens with zero attached hydrogens (tertiary/aromatic N) is 4. The number of piperidine rings is 1. The van der Waals surface area contributed by atoms with Crippen molar-refractivity contribution < 1.29 is 22.0 Å². The van der Waals surface area contributed by atoms with Gasteiger partial charge >= 0.3 is 0 Å². The van der Waals surface area contributed by atoms with Crippen molar-refractivity contribution in [3.63, 3.8) is 0 Å². The third-order valence-electron chi connectivity index (χ3n) is 5.97. The molecule has 1 saturated heterocycles. The van der Waals surface area contributed by atoms with E-state index in [0.29, 0.717) is 18.0 Å². The lowest BCUT2D eigenvalue weighted by atomic mass is 10.1. The van der Waals surface area contributed by atoms with E-state index in [1.54, 1.807) is 23.9 Å². The third kappa shape index (κ3) is 8.02. The van der Waals surface area contributed by atoms with Crippen molar-refractivity contribution in [2.24, 2.45) is 0 Å². The number of hydrogen-bond donors (Lipinski definition) is 2. The fraction of sp³-hybridized carbons (Fsp3) is 0.375. The SMILES string of the molecule is CN(C)CCSc1ccc(S(=O)(=O)N2CCC(Nc3nc(N)c(C(=O)c4c(F)cccc4F)s3)CC2)cn1.Cl.Cl. The molecule has 3 heterocycles. The van der Waals surface area contributed by atoms with E-state index in [0.717, 1.165) is 40.8 Å². The normalized spacial score (nSPS) is 14.4. The fourth-order valence-corrected chi connectivity index (χ4v) is 7.17. The van der Waals surface area contributed by atoms with Crippen molar-refractivity contribution in [3.8, 4) is 0 Å². The Morgan fingerprint density at radius 1 is 1.18 bits per heavy atom. The van der Waals surface area contributed by atoms with Gasteiger partial charge in [0, 0.05) is 37.6 Å². The molecule has 1 aliphatic rings. The predicted octanol–water partition coefficient (Wildman–Crippen LogP) is 4.39. The first-order valence-corrected chi connectivity index (χ1v) is 15.1. The molecule has 0 atom stereocenters. The summed E-state index contributed by atoms with van der Waals surface area (Å²) in [6, 6.07) is 6.37. The Morgan fingerprint density at radius 2 is 1.82 bits per heavy atom. The average molecular weight is 656 g/mol. The Labute approximate surface area is 252 Å². The number of halogens is 4. The summed E-state index contributed by atoms with van der Waals surface area (Å²) in [6.45, 7) is 1.46. The van der Waals surface area contributed by atoms with Crippen LogP contribution in [0.5, 0.6) is 0 Å². The van der Waals surface area contributed by atoms with Crippen molar-refractivity contribution in [1.82, 2.24) is 19.2 Å². The number of pyridine rings is 1. The molecular formula is C24H30Cl2F2N6O3S3. The molecule has 40 heavy (non-hydrogen) atoms. The molecule has 0 bridgehead atoms. The molecule has 9 nitrogen and oxygen atoms in total. The van der Waals surface area contributed by atoms with Gasteiger partial charge in [0.2, 0.25) is 15.8 Å². The highest BCUT2D eigenvalue weighted by atomic mass is 35.5. The Bertz CT molecular complexity index is 1380. The monoisotopic (exact) mass is 654 g/mol. The Kier molecular flexibility index (Phi) is 12.6. The van der Waals surface area contributed by atoms with Crippen LogP contribution in [0.3, 0.4) is 0 Å². The number of thioether (sulfide) groups is 1. The number of anilines is 2. The maximum atomic E-state index is 14.1. The van der Waals surface area contributed by atoms with E-state index in [2.05, 4.69) is 20.2 Å². The van der Waals surface area contributed by atoms with Gasteiger partial charge in [0.05, 0.1) is 10.6 Å². The number of ketones is 1. The molecule has 0 aliphatic carbocycles. The predicted molar refractivity (Wildman–Crippen MR) is 160 cm³/mol. The highest BCUT2D eigenvalue weighted by molar-refractivity contribution is 7.99. The second kappa shape index (κ2) is 14.7. The molecular weight excluding hydrogens is 625 g/mol. The number of nitrogen functional groups attached to an aromatic ring is 1. The first kappa shape index (κ1) is 34.1. The quantitative estimate of drug-likeness (QED) is 0.242. The zero-order valence-electron chi connectivity index (χ0n) is 21.7. The minimum absolute atomic E-state index is 0. The Balaban J connectivity index is 0.00000280. The van der Waals surface area contributed by atoms with Gasteiger partial charge in [-0.25, -0.2) is 27.2 Å². The number of thiazole rings is 1. The van der Waals surface area contributed by atoms with Gasteiger partial charge in [0.25, 0.3) is 0 Å². The number of nitrogens with one attached hydrogen (secondary N) is 1. The molecule has 3 N–H and O–H groups in total. The summed E-state index contributed by atoms with van der Waals surface area (Å²) >= 11 is 2.48. The molecule has 3 aromatic rings. The highest BCUT2D eigenvalue weighted by Gasteiger charge is 2.31. The van der Waals surface area contributed by atoms with Gasteiger partial charge in [-0.2, -0.15) is 4.31 Å². The molecule has 0 radical (unpaired) electrons. The molecule has 0 unspecified atom stereocenters. The van der Waals surface area contributed by atoms with Crippen LogP contribution in [0.25, 0.3) is 0 Å². The Morgan fingerprint density at radius 3 is 2.40 bits per heavy atom. The number of nitrogens with two attached hydrogens (primary N) is 1. The standard InChI is InChI=1S/C24H28F2N6O3S3.2ClH/c1-31(2)12-13-36-19-7-6-16(14-28-19)38(34,35)32-10-8-15(9-11-32)29-24-30-23(27)22(37-24)21(33)20-17(25)4-3-5-18(20)26;;/h3-7,14-15H,8-13,27H2,1-2H3,(H,29,30);2*1H. The maximum absolute atomic E-state index is 14.1. The van der Waals surface area contributed by atoms with Crippen LogP contribution in [0.4, 0.5) is 19.7 Å². The largest absolute Gasteiger partial charge is 0.382 e. The lowest BCUT2D eigenvalue weighted by Crippen LogP contribution is -2.42. The number of hydrogen-bond acceptors (Lipinski definition) is 10. The van der Waals surface area contributed by atoms with Gasteiger partial charge in [0.15, 0.2) is 5.13 Å². The van der Waals surface area contributed by atoms with Crippen LogP contribution in [0.15, 0.2) is 46.5 Å². The van der Waals surface area contributed by atoms with Crippen molar-refractivity contribution in [2.45, 2.75) is 28.8 Å².